The molecule has 0 aliphatic carbocycles. The molecule has 1 fully saturated rings. The lowest BCUT2D eigenvalue weighted by Crippen LogP contribution is -2.58. The van der Waals surface area contributed by atoms with Gasteiger partial charge in [-0.15, -0.1) is 0 Å². The maximum Gasteiger partial charge on any atom is 0.118 e. The number of hydrogen-bond donors (Lipinski definition) is 0. The average molecular weight is 262 g/mol. The average Bonchev–Trinajstić information content (AvgIpc) is 2.56. The summed E-state index contributed by atoms with van der Waals surface area (Å²) in [6.45, 7) is 0. The summed E-state index contributed by atoms with van der Waals surface area (Å²) in [5, 5.41) is 0. The topological polar surface area (TPSA) is 22.1 Å². The summed E-state index contributed by atoms with van der Waals surface area (Å²) in [6, 6.07) is 0. The SMILES string of the molecule is CN(C)P1CCC(N(C)C)(N(C)C)C1=NP. The summed E-state index contributed by atoms with van der Waals surface area (Å²) in [7, 11) is 15.2. The fraction of sp³-hybridized carbons (Fsp3) is 0.900. The molecular weight excluding hydrogens is 238 g/mol. The summed E-state index contributed by atoms with van der Waals surface area (Å²) in [5.74, 6) is 0. The standard InChI is InChI=1S/C10H24N4P2/c1-12(2)10(13(3)4)7-8-16(14(5)6)9(10)11-15/h7-8,15H2,1-6H3. The third-order valence-electron chi connectivity index (χ3n) is 3.36. The van der Waals surface area contributed by atoms with Gasteiger partial charge in [-0.2, -0.15) is 0 Å². The van der Waals surface area contributed by atoms with Crippen LogP contribution in [-0.2, 0) is 0 Å². The predicted octanol–water partition coefficient (Wildman–Crippen LogP) is 1.36. The van der Waals surface area contributed by atoms with Gasteiger partial charge >= 0.3 is 0 Å². The van der Waals surface area contributed by atoms with E-state index in [4.69, 9.17) is 0 Å². The molecule has 1 aliphatic rings. The van der Waals surface area contributed by atoms with E-state index in [1.54, 1.807) is 0 Å². The van der Waals surface area contributed by atoms with Gasteiger partial charge in [0.1, 0.15) is 5.66 Å². The highest BCUT2D eigenvalue weighted by atomic mass is 31.1. The van der Waals surface area contributed by atoms with Gasteiger partial charge in [0, 0.05) is 8.07 Å². The summed E-state index contributed by atoms with van der Waals surface area (Å²) in [4.78, 5) is 4.59. The van der Waals surface area contributed by atoms with Crippen molar-refractivity contribution in [2.24, 2.45) is 4.76 Å². The van der Waals surface area contributed by atoms with Gasteiger partial charge in [0.2, 0.25) is 0 Å². The minimum atomic E-state index is -0.241. The zero-order valence-corrected chi connectivity index (χ0v) is 13.3. The zero-order chi connectivity index (χ0) is 12.5. The number of hydrogen-bond acceptors (Lipinski definition) is 4. The van der Waals surface area contributed by atoms with Crippen molar-refractivity contribution in [2.75, 3.05) is 48.4 Å². The molecule has 0 aromatic carbocycles. The molecule has 1 aliphatic heterocycles. The lowest BCUT2D eigenvalue weighted by Gasteiger charge is -2.43. The van der Waals surface area contributed by atoms with Crippen molar-refractivity contribution in [1.82, 2.24) is 14.5 Å². The van der Waals surface area contributed by atoms with Gasteiger partial charge < -0.3 is 0 Å². The highest BCUT2D eigenvalue weighted by Gasteiger charge is 2.49. The lowest BCUT2D eigenvalue weighted by atomic mass is 10.1. The normalized spacial score (nSPS) is 27.6. The van der Waals surface area contributed by atoms with E-state index in [-0.39, 0.29) is 13.7 Å². The quantitative estimate of drug-likeness (QED) is 0.566. The molecule has 1 rings (SSSR count). The second-order valence-electron chi connectivity index (χ2n) is 4.78. The Bertz CT molecular complexity index is 268. The molecule has 0 bridgehead atoms. The number of rotatable bonds is 3. The smallest absolute Gasteiger partial charge is 0.118 e. The molecule has 0 amide bonds. The van der Waals surface area contributed by atoms with Gasteiger partial charge in [0.05, 0.1) is 5.45 Å². The molecule has 94 valence electrons. The van der Waals surface area contributed by atoms with Crippen LogP contribution >= 0.6 is 17.5 Å². The van der Waals surface area contributed by atoms with Crippen molar-refractivity contribution in [1.29, 1.82) is 0 Å². The minimum Gasteiger partial charge on any atom is -0.286 e. The summed E-state index contributed by atoms with van der Waals surface area (Å²) >= 11 is 0. The van der Waals surface area contributed by atoms with Crippen LogP contribution in [0.3, 0.4) is 0 Å². The van der Waals surface area contributed by atoms with Gasteiger partial charge in [-0.3, -0.25) is 19.2 Å². The summed E-state index contributed by atoms with van der Waals surface area (Å²) in [5.41, 5.74) is 1.31. The van der Waals surface area contributed by atoms with Crippen LogP contribution in [0.1, 0.15) is 6.42 Å². The first-order valence-electron chi connectivity index (χ1n) is 5.46. The molecule has 0 N–H and O–H groups in total. The van der Waals surface area contributed by atoms with Crippen LogP contribution < -0.4 is 0 Å². The molecule has 1 saturated heterocycles. The van der Waals surface area contributed by atoms with E-state index in [9.17, 15) is 0 Å². The van der Waals surface area contributed by atoms with Crippen molar-refractivity contribution in [3.05, 3.63) is 0 Å². The van der Waals surface area contributed by atoms with Gasteiger partial charge in [0.15, 0.2) is 0 Å². The second-order valence-corrected chi connectivity index (χ2v) is 7.51. The number of nitrogens with zero attached hydrogens (tertiary/aromatic N) is 4. The van der Waals surface area contributed by atoms with Crippen LogP contribution in [0, 0.1) is 0 Å². The monoisotopic (exact) mass is 262 g/mol. The highest BCUT2D eigenvalue weighted by molar-refractivity contribution is 7.74. The van der Waals surface area contributed by atoms with Crippen LogP contribution in [0.15, 0.2) is 4.76 Å². The highest BCUT2D eigenvalue weighted by Crippen LogP contribution is 2.54. The Balaban J connectivity index is 3.14. The lowest BCUT2D eigenvalue weighted by molar-refractivity contribution is 0.0737. The minimum absolute atomic E-state index is 0.00226. The molecule has 0 spiro atoms. The van der Waals surface area contributed by atoms with E-state index in [1.807, 2.05) is 0 Å². The van der Waals surface area contributed by atoms with E-state index >= 15 is 0 Å². The van der Waals surface area contributed by atoms with Gasteiger partial charge in [-0.1, -0.05) is 0 Å². The first-order chi connectivity index (χ1) is 7.37. The van der Waals surface area contributed by atoms with Gasteiger partial charge in [-0.25, -0.2) is 0 Å². The predicted molar refractivity (Wildman–Crippen MR) is 77.3 cm³/mol. The maximum atomic E-state index is 4.52. The Labute approximate surface area is 103 Å². The summed E-state index contributed by atoms with van der Waals surface area (Å²) < 4.78 is 6.85. The molecular formula is C10H24N4P2. The molecule has 0 radical (unpaired) electrons. The van der Waals surface area contributed by atoms with Crippen molar-refractivity contribution >= 4 is 22.9 Å². The second kappa shape index (κ2) is 5.37. The van der Waals surface area contributed by atoms with E-state index in [1.165, 1.54) is 11.6 Å². The van der Waals surface area contributed by atoms with Gasteiger partial charge in [-0.05, 0) is 64.3 Å². The van der Waals surface area contributed by atoms with Crippen LogP contribution in [0.25, 0.3) is 0 Å². The Hall–Kier alpha value is 0.410. The summed E-state index contributed by atoms with van der Waals surface area (Å²) in [6.07, 6.45) is 2.38. The van der Waals surface area contributed by atoms with Crippen LogP contribution in [0.2, 0.25) is 0 Å². The first kappa shape index (κ1) is 14.5. The fourth-order valence-electron chi connectivity index (χ4n) is 2.49. The molecule has 0 aromatic rings. The Morgan fingerprint density at radius 3 is 1.94 bits per heavy atom. The van der Waals surface area contributed by atoms with Crippen molar-refractivity contribution in [2.45, 2.75) is 12.1 Å². The van der Waals surface area contributed by atoms with Crippen molar-refractivity contribution in [3.63, 3.8) is 0 Å². The first-order valence-corrected chi connectivity index (χ1v) is 7.45. The molecule has 0 saturated carbocycles. The third kappa shape index (κ3) is 2.19. The molecule has 2 atom stereocenters. The molecule has 2 unspecified atom stereocenters. The largest absolute Gasteiger partial charge is 0.286 e. The van der Waals surface area contributed by atoms with Crippen LogP contribution in [-0.4, -0.2) is 74.0 Å². The zero-order valence-electron chi connectivity index (χ0n) is 11.2. The van der Waals surface area contributed by atoms with Crippen LogP contribution in [0.5, 0.6) is 0 Å². The van der Waals surface area contributed by atoms with E-state index < -0.39 is 0 Å². The maximum absolute atomic E-state index is 4.52. The fourth-order valence-corrected chi connectivity index (χ4v) is 5.67. The van der Waals surface area contributed by atoms with Crippen molar-refractivity contribution in [3.8, 4) is 0 Å². The molecule has 0 aromatic heterocycles. The Morgan fingerprint density at radius 2 is 1.62 bits per heavy atom. The van der Waals surface area contributed by atoms with E-state index in [0.29, 0.717) is 0 Å². The molecule has 6 heteroatoms. The Kier molecular flexibility index (Phi) is 4.86. The van der Waals surface area contributed by atoms with Gasteiger partial charge in [0.25, 0.3) is 0 Å². The third-order valence-corrected chi connectivity index (χ3v) is 6.41. The van der Waals surface area contributed by atoms with E-state index in [0.717, 1.165) is 6.42 Å². The Morgan fingerprint density at radius 1 is 1.12 bits per heavy atom. The van der Waals surface area contributed by atoms with E-state index in [2.05, 4.69) is 70.9 Å². The molecule has 16 heavy (non-hydrogen) atoms. The molecule has 4 nitrogen and oxygen atoms in total. The van der Waals surface area contributed by atoms with Crippen LogP contribution in [0.4, 0.5) is 0 Å². The van der Waals surface area contributed by atoms with Crippen molar-refractivity contribution < 1.29 is 0 Å². The molecule has 1 heterocycles.